The van der Waals surface area contributed by atoms with Crippen molar-refractivity contribution in [1.82, 2.24) is 9.62 Å². The molecule has 2 atom stereocenters. The summed E-state index contributed by atoms with van der Waals surface area (Å²) < 4.78 is 50.5. The molecule has 1 saturated heterocycles. The third-order valence-corrected chi connectivity index (χ3v) is 8.42. The van der Waals surface area contributed by atoms with Crippen LogP contribution in [-0.4, -0.2) is 85.2 Å². The van der Waals surface area contributed by atoms with Gasteiger partial charge in [-0.25, -0.2) is 13.1 Å². The van der Waals surface area contributed by atoms with Crippen molar-refractivity contribution in [2.45, 2.75) is 42.7 Å². The number of likely N-dealkylation sites (tertiary alicyclic amines) is 1. The first-order chi connectivity index (χ1) is 18.6. The Kier molecular flexibility index (Phi) is 11.4. The molecular formula is C28H41N3O6S. The Labute approximate surface area is 226 Å². The maximum Gasteiger partial charge on any atom is 0.240 e. The molecular weight excluding hydrogens is 506 g/mol. The fourth-order valence-electron chi connectivity index (χ4n) is 5.05. The summed E-state index contributed by atoms with van der Waals surface area (Å²) in [5.74, 6) is 0.671. The molecule has 4 rings (SSSR count). The second-order valence-electron chi connectivity index (χ2n) is 9.60. The van der Waals surface area contributed by atoms with Crippen LogP contribution in [-0.2, 0) is 30.7 Å². The summed E-state index contributed by atoms with van der Waals surface area (Å²) in [5, 5.41) is 0. The number of nitrogens with two attached hydrogens (primary N) is 1. The van der Waals surface area contributed by atoms with Crippen molar-refractivity contribution in [2.75, 3.05) is 65.8 Å². The average Bonchev–Trinajstić information content (AvgIpc) is 3.31. The smallest absolute Gasteiger partial charge is 0.240 e. The lowest BCUT2D eigenvalue weighted by molar-refractivity contribution is 0.0171. The van der Waals surface area contributed by atoms with E-state index < -0.39 is 10.0 Å². The molecule has 1 aliphatic carbocycles. The summed E-state index contributed by atoms with van der Waals surface area (Å²) in [6.45, 7) is 5.41. The minimum atomic E-state index is -3.64. The highest BCUT2D eigenvalue weighted by Crippen LogP contribution is 2.39. The number of sulfonamides is 1. The first kappa shape index (κ1) is 28.9. The van der Waals surface area contributed by atoms with Crippen LogP contribution in [0.4, 0.5) is 0 Å². The molecule has 0 saturated carbocycles. The molecule has 9 nitrogen and oxygen atoms in total. The van der Waals surface area contributed by atoms with Crippen molar-refractivity contribution in [2.24, 2.45) is 5.73 Å². The Morgan fingerprint density at radius 2 is 1.50 bits per heavy atom. The van der Waals surface area contributed by atoms with E-state index in [-0.39, 0.29) is 24.2 Å². The molecule has 0 radical (unpaired) electrons. The predicted molar refractivity (Wildman–Crippen MR) is 146 cm³/mol. The van der Waals surface area contributed by atoms with Crippen LogP contribution in [0.3, 0.4) is 0 Å². The van der Waals surface area contributed by atoms with Crippen LogP contribution in [0.5, 0.6) is 5.75 Å². The molecule has 38 heavy (non-hydrogen) atoms. The molecule has 1 heterocycles. The van der Waals surface area contributed by atoms with E-state index in [0.29, 0.717) is 51.4 Å². The van der Waals surface area contributed by atoms with Gasteiger partial charge < -0.3 is 24.7 Å². The van der Waals surface area contributed by atoms with Crippen LogP contribution in [0.1, 0.15) is 36.5 Å². The molecule has 0 spiro atoms. The first-order valence-corrected chi connectivity index (χ1v) is 15.1. The lowest BCUT2D eigenvalue weighted by atomic mass is 10.0. The minimum absolute atomic E-state index is 0.0653. The average molecular weight is 548 g/mol. The van der Waals surface area contributed by atoms with Crippen LogP contribution in [0.2, 0.25) is 0 Å². The molecule has 10 heteroatoms. The largest absolute Gasteiger partial charge is 0.484 e. The summed E-state index contributed by atoms with van der Waals surface area (Å²) in [7, 11) is -3.64. The van der Waals surface area contributed by atoms with Crippen LogP contribution < -0.4 is 15.2 Å². The van der Waals surface area contributed by atoms with E-state index in [4.69, 9.17) is 24.7 Å². The number of nitrogens with zero attached hydrogens (tertiary/aromatic N) is 1. The van der Waals surface area contributed by atoms with Gasteiger partial charge in [-0.1, -0.05) is 30.7 Å². The zero-order valence-corrected chi connectivity index (χ0v) is 22.9. The van der Waals surface area contributed by atoms with Gasteiger partial charge in [-0.2, -0.15) is 0 Å². The van der Waals surface area contributed by atoms with Gasteiger partial charge in [-0.3, -0.25) is 4.90 Å². The van der Waals surface area contributed by atoms with Crippen molar-refractivity contribution in [3.8, 4) is 5.75 Å². The van der Waals surface area contributed by atoms with Crippen molar-refractivity contribution in [3.05, 3.63) is 59.7 Å². The number of ether oxygens (including phenoxy) is 4. The predicted octanol–water partition coefficient (Wildman–Crippen LogP) is 2.50. The Morgan fingerprint density at radius 1 is 0.842 bits per heavy atom. The lowest BCUT2D eigenvalue weighted by Gasteiger charge is -2.35. The van der Waals surface area contributed by atoms with Crippen LogP contribution in [0.15, 0.2) is 53.4 Å². The second-order valence-corrected chi connectivity index (χ2v) is 11.4. The Hall–Kier alpha value is -2.05. The lowest BCUT2D eigenvalue weighted by Crippen LogP contribution is -2.43. The summed E-state index contributed by atoms with van der Waals surface area (Å²) in [4.78, 5) is 2.76. The summed E-state index contributed by atoms with van der Waals surface area (Å²) in [5.41, 5.74) is 7.91. The van der Waals surface area contributed by atoms with Crippen LogP contribution in [0, 0.1) is 0 Å². The monoisotopic (exact) mass is 547 g/mol. The van der Waals surface area contributed by atoms with Gasteiger partial charge in [0.15, 0.2) is 0 Å². The Bertz CT molecular complexity index is 1080. The fourth-order valence-corrected chi connectivity index (χ4v) is 6.06. The summed E-state index contributed by atoms with van der Waals surface area (Å²) in [6, 6.07) is 15.5. The van der Waals surface area contributed by atoms with Crippen molar-refractivity contribution < 1.29 is 27.4 Å². The van der Waals surface area contributed by atoms with E-state index in [0.717, 1.165) is 19.5 Å². The Balaban J connectivity index is 1.24. The SMILES string of the molecule is NCCOCCOCCOCCNS(=O)(=O)c1ccc(O[C@H]2c3ccccc3C[C@@H]2N2CCCCC2)cc1. The van der Waals surface area contributed by atoms with E-state index >= 15 is 0 Å². The molecule has 1 aliphatic heterocycles. The zero-order valence-electron chi connectivity index (χ0n) is 22.1. The first-order valence-electron chi connectivity index (χ1n) is 13.6. The topological polar surface area (TPSA) is 112 Å². The highest BCUT2D eigenvalue weighted by molar-refractivity contribution is 7.89. The maximum atomic E-state index is 12.7. The molecule has 1 fully saturated rings. The van der Waals surface area contributed by atoms with Gasteiger partial charge in [0, 0.05) is 13.1 Å². The molecule has 3 N–H and O–H groups in total. The maximum absolute atomic E-state index is 12.7. The molecule has 0 unspecified atom stereocenters. The third kappa shape index (κ3) is 8.22. The molecule has 0 amide bonds. The van der Waals surface area contributed by atoms with Crippen LogP contribution in [0.25, 0.3) is 0 Å². The fraction of sp³-hybridized carbons (Fsp3) is 0.571. The molecule has 0 aromatic heterocycles. The standard InChI is InChI=1S/C28H41N3O6S/c29-12-16-34-18-20-36-21-19-35-17-13-30-38(32,33)25-10-8-24(9-11-25)37-28-26-7-3-2-6-23(26)22-27(28)31-14-4-1-5-15-31/h2-3,6-11,27-28,30H,1,4-5,12-22,29H2/t27-,28-/m0/s1. The van der Waals surface area contributed by atoms with E-state index in [1.54, 1.807) is 24.3 Å². The van der Waals surface area contributed by atoms with Gasteiger partial charge >= 0.3 is 0 Å². The second kappa shape index (κ2) is 14.9. The van der Waals surface area contributed by atoms with E-state index in [1.165, 1.54) is 30.4 Å². The number of rotatable bonds is 16. The van der Waals surface area contributed by atoms with E-state index in [2.05, 4.69) is 33.9 Å². The van der Waals surface area contributed by atoms with Gasteiger partial charge in [0.1, 0.15) is 11.9 Å². The van der Waals surface area contributed by atoms with Crippen molar-refractivity contribution in [1.29, 1.82) is 0 Å². The van der Waals surface area contributed by atoms with Gasteiger partial charge in [-0.15, -0.1) is 0 Å². The molecule has 210 valence electrons. The van der Waals surface area contributed by atoms with Crippen molar-refractivity contribution in [3.63, 3.8) is 0 Å². The highest BCUT2D eigenvalue weighted by Gasteiger charge is 2.38. The number of nitrogens with one attached hydrogen (secondary N) is 1. The van der Waals surface area contributed by atoms with Crippen LogP contribution >= 0.6 is 0 Å². The van der Waals surface area contributed by atoms with Gasteiger partial charge in [0.25, 0.3) is 0 Å². The minimum Gasteiger partial charge on any atom is -0.484 e. The van der Waals surface area contributed by atoms with E-state index in [1.807, 2.05) is 0 Å². The van der Waals surface area contributed by atoms with Crippen molar-refractivity contribution >= 4 is 10.0 Å². The molecule has 2 aromatic rings. The third-order valence-electron chi connectivity index (χ3n) is 6.94. The normalized spacial score (nSPS) is 19.9. The summed E-state index contributed by atoms with van der Waals surface area (Å²) >= 11 is 0. The summed E-state index contributed by atoms with van der Waals surface area (Å²) in [6.07, 6.45) is 4.66. The number of fused-ring (bicyclic) bond motifs is 1. The highest BCUT2D eigenvalue weighted by atomic mass is 32.2. The van der Waals surface area contributed by atoms with E-state index in [9.17, 15) is 8.42 Å². The number of benzene rings is 2. The molecule has 2 aromatic carbocycles. The zero-order chi connectivity index (χ0) is 26.6. The van der Waals surface area contributed by atoms with Gasteiger partial charge in [-0.05, 0) is 67.7 Å². The molecule has 0 bridgehead atoms. The quantitative estimate of drug-likeness (QED) is 0.309. The van der Waals surface area contributed by atoms with Gasteiger partial charge in [0.2, 0.25) is 10.0 Å². The number of hydrogen-bond donors (Lipinski definition) is 2. The Morgan fingerprint density at radius 3 is 2.21 bits per heavy atom. The number of hydrogen-bond acceptors (Lipinski definition) is 8. The number of piperidine rings is 1. The molecule has 2 aliphatic rings. The van der Waals surface area contributed by atoms with Gasteiger partial charge in [0.05, 0.1) is 50.6 Å².